The Morgan fingerprint density at radius 2 is 1.14 bits per heavy atom. The molecule has 0 nitrogen and oxygen atoms in total. The van der Waals surface area contributed by atoms with Gasteiger partial charge in [-0.05, 0) is 53.4 Å². The van der Waals surface area contributed by atoms with Crippen molar-refractivity contribution < 1.29 is 0 Å². The van der Waals surface area contributed by atoms with Gasteiger partial charge in [0.15, 0.2) is 0 Å². The Balaban J connectivity index is 2.61. The molecule has 0 N–H and O–H groups in total. The summed E-state index contributed by atoms with van der Waals surface area (Å²) in [6.07, 6.45) is 2.16. The van der Waals surface area contributed by atoms with E-state index >= 15 is 0 Å². The van der Waals surface area contributed by atoms with Crippen LogP contribution in [0, 0.1) is 0 Å². The number of benzene rings is 2. The highest BCUT2D eigenvalue weighted by Gasteiger charge is 2.29. The summed E-state index contributed by atoms with van der Waals surface area (Å²) in [7, 11) is 0. The van der Waals surface area contributed by atoms with Crippen molar-refractivity contribution in [3.8, 4) is 0 Å². The largest absolute Gasteiger partial charge is 0.0873 e. The summed E-state index contributed by atoms with van der Waals surface area (Å²) in [6.45, 7) is 4.45. The third kappa shape index (κ3) is 3.54. The molecule has 2 rings (SSSR count). The summed E-state index contributed by atoms with van der Waals surface area (Å²) in [6, 6.07) is 14.3. The van der Waals surface area contributed by atoms with Crippen molar-refractivity contribution in [3.05, 3.63) is 58.6 Å². The Morgan fingerprint density at radius 1 is 0.810 bits per heavy atom. The fraction of sp³-hybridized carbons (Fsp3) is 0.294. The Kier molecular flexibility index (Phi) is 5.91. The predicted molar refractivity (Wildman–Crippen MR) is 101 cm³/mol. The van der Waals surface area contributed by atoms with Crippen LogP contribution >= 0.6 is 29.2 Å². The van der Waals surface area contributed by atoms with Gasteiger partial charge >= 0.3 is 0 Å². The molecule has 0 amide bonds. The summed E-state index contributed by atoms with van der Waals surface area (Å²) < 4.78 is 0. The van der Waals surface area contributed by atoms with Crippen LogP contribution in [0.1, 0.15) is 26.7 Å². The van der Waals surface area contributed by atoms with Gasteiger partial charge in [0, 0.05) is 16.1 Å². The molecule has 0 aliphatic rings. The van der Waals surface area contributed by atoms with Gasteiger partial charge in [-0.1, -0.05) is 73.1 Å². The van der Waals surface area contributed by atoms with Gasteiger partial charge in [0.2, 0.25) is 0 Å². The average Bonchev–Trinajstić information content (AvgIpc) is 2.49. The standard InChI is InChI=1S/C17H19Cl2PS/c1-3-15(4-2)20(21,16-9-5-13(18)6-10-16)17-11-7-14(19)8-12-17/h5-12,15H,3-4H2,1-2H3. The third-order valence-corrected chi connectivity index (χ3v) is 10.4. The third-order valence-electron chi connectivity index (χ3n) is 3.88. The smallest absolute Gasteiger partial charge is 0.0406 e. The van der Waals surface area contributed by atoms with Crippen LogP contribution < -0.4 is 10.6 Å². The highest BCUT2D eigenvalue weighted by atomic mass is 35.5. The monoisotopic (exact) mass is 356 g/mol. The van der Waals surface area contributed by atoms with Gasteiger partial charge in [0.05, 0.1) is 0 Å². The first kappa shape index (κ1) is 17.0. The molecule has 0 radical (unpaired) electrons. The lowest BCUT2D eigenvalue weighted by atomic mass is 10.3. The molecule has 0 saturated carbocycles. The van der Waals surface area contributed by atoms with Crippen LogP contribution in [0.25, 0.3) is 0 Å². The Labute approximate surface area is 142 Å². The lowest BCUT2D eigenvalue weighted by molar-refractivity contribution is 0.785. The lowest BCUT2D eigenvalue weighted by Gasteiger charge is -2.31. The first-order valence-electron chi connectivity index (χ1n) is 7.14. The van der Waals surface area contributed by atoms with E-state index in [2.05, 4.69) is 38.1 Å². The van der Waals surface area contributed by atoms with Gasteiger partial charge in [-0.25, -0.2) is 0 Å². The number of hydrogen-bond donors (Lipinski definition) is 0. The van der Waals surface area contributed by atoms with Crippen molar-refractivity contribution in [2.24, 2.45) is 0 Å². The van der Waals surface area contributed by atoms with E-state index in [0.717, 1.165) is 22.9 Å². The van der Waals surface area contributed by atoms with Crippen LogP contribution in [0.4, 0.5) is 0 Å². The van der Waals surface area contributed by atoms with Crippen molar-refractivity contribution in [1.82, 2.24) is 0 Å². The highest BCUT2D eigenvalue weighted by Crippen LogP contribution is 2.51. The summed E-state index contributed by atoms with van der Waals surface area (Å²) in [5.74, 6) is 0. The van der Waals surface area contributed by atoms with E-state index in [0.29, 0.717) is 5.66 Å². The van der Waals surface area contributed by atoms with Crippen molar-refractivity contribution in [2.45, 2.75) is 32.3 Å². The second kappa shape index (κ2) is 7.29. The average molecular weight is 357 g/mol. The maximum Gasteiger partial charge on any atom is 0.0406 e. The minimum Gasteiger partial charge on any atom is -0.0873 e. The minimum absolute atomic E-state index is 0.495. The zero-order valence-electron chi connectivity index (χ0n) is 12.2. The maximum absolute atomic E-state index is 6.27. The van der Waals surface area contributed by atoms with E-state index in [1.165, 1.54) is 10.6 Å². The molecule has 2 aromatic carbocycles. The Morgan fingerprint density at radius 3 is 1.43 bits per heavy atom. The summed E-state index contributed by atoms with van der Waals surface area (Å²) in [4.78, 5) is 0. The molecular formula is C17H19Cl2PS. The Bertz CT molecular complexity index is 581. The van der Waals surface area contributed by atoms with Crippen LogP contribution in [0.2, 0.25) is 10.0 Å². The van der Waals surface area contributed by atoms with Gasteiger partial charge in [-0.15, -0.1) is 0 Å². The SMILES string of the molecule is CCC(CC)P(=S)(c1ccc(Cl)cc1)c1ccc(Cl)cc1. The first-order valence-corrected chi connectivity index (χ1v) is 10.8. The van der Waals surface area contributed by atoms with Gasteiger partial charge in [-0.3, -0.25) is 0 Å². The molecule has 0 unspecified atom stereocenters. The molecule has 0 aliphatic heterocycles. The number of hydrogen-bond acceptors (Lipinski definition) is 1. The molecular weight excluding hydrogens is 338 g/mol. The van der Waals surface area contributed by atoms with Gasteiger partial charge in [-0.2, -0.15) is 0 Å². The number of halogens is 2. The zero-order valence-corrected chi connectivity index (χ0v) is 15.4. The molecule has 4 heteroatoms. The molecule has 112 valence electrons. The van der Waals surface area contributed by atoms with E-state index in [9.17, 15) is 0 Å². The van der Waals surface area contributed by atoms with Crippen molar-refractivity contribution >= 4 is 51.7 Å². The predicted octanol–water partition coefficient (Wildman–Crippen LogP) is 5.61. The molecule has 0 fully saturated rings. The quantitative estimate of drug-likeness (QED) is 0.627. The highest BCUT2D eigenvalue weighted by molar-refractivity contribution is 8.22. The lowest BCUT2D eigenvalue weighted by Crippen LogP contribution is -2.25. The summed E-state index contributed by atoms with van der Waals surface area (Å²) >= 11 is 18.3. The summed E-state index contributed by atoms with van der Waals surface area (Å²) in [5.41, 5.74) is 0.495. The normalized spacial score (nSPS) is 11.9. The molecule has 0 saturated heterocycles. The molecule has 0 spiro atoms. The molecule has 0 heterocycles. The van der Waals surface area contributed by atoms with E-state index in [1.807, 2.05) is 24.3 Å². The first-order chi connectivity index (χ1) is 10.0. The van der Waals surface area contributed by atoms with Crippen LogP contribution in [0.3, 0.4) is 0 Å². The van der Waals surface area contributed by atoms with E-state index in [-0.39, 0.29) is 0 Å². The Hall–Kier alpha value is -0.330. The van der Waals surface area contributed by atoms with Crippen LogP contribution in [-0.2, 0) is 11.8 Å². The molecule has 2 aromatic rings. The minimum atomic E-state index is -1.86. The van der Waals surface area contributed by atoms with E-state index in [1.54, 1.807) is 0 Å². The molecule has 0 bridgehead atoms. The maximum atomic E-state index is 6.27. The van der Waals surface area contributed by atoms with Gasteiger partial charge in [0.1, 0.15) is 0 Å². The van der Waals surface area contributed by atoms with Crippen molar-refractivity contribution in [2.75, 3.05) is 0 Å². The molecule has 0 aliphatic carbocycles. The topological polar surface area (TPSA) is 0 Å². The van der Waals surface area contributed by atoms with E-state index in [4.69, 9.17) is 35.0 Å². The molecule has 21 heavy (non-hydrogen) atoms. The van der Waals surface area contributed by atoms with Crippen LogP contribution in [0.15, 0.2) is 48.5 Å². The second-order valence-corrected chi connectivity index (χ2v) is 10.8. The number of rotatable bonds is 5. The van der Waals surface area contributed by atoms with E-state index < -0.39 is 6.04 Å². The second-order valence-electron chi connectivity index (χ2n) is 5.08. The summed E-state index contributed by atoms with van der Waals surface area (Å²) in [5, 5.41) is 3.97. The van der Waals surface area contributed by atoms with Crippen LogP contribution in [0.5, 0.6) is 0 Å². The fourth-order valence-electron chi connectivity index (χ4n) is 2.70. The van der Waals surface area contributed by atoms with Crippen molar-refractivity contribution in [3.63, 3.8) is 0 Å². The van der Waals surface area contributed by atoms with Crippen LogP contribution in [-0.4, -0.2) is 5.66 Å². The molecule has 0 atom stereocenters. The van der Waals surface area contributed by atoms with Gasteiger partial charge < -0.3 is 0 Å². The fourth-order valence-corrected chi connectivity index (χ4v) is 7.93. The van der Waals surface area contributed by atoms with Gasteiger partial charge in [0.25, 0.3) is 0 Å². The zero-order chi connectivity index (χ0) is 15.5. The molecule has 0 aromatic heterocycles. The van der Waals surface area contributed by atoms with Crippen molar-refractivity contribution in [1.29, 1.82) is 0 Å².